The standard InChI is InChI=1S/C12H12Br2N4/c1-8-16-3-2-10(18-8)6-15-7-12-11(14)4-9(13)5-17-12/h2-5,15H,6-7H2,1H3. The lowest BCUT2D eigenvalue weighted by molar-refractivity contribution is 0.661. The van der Waals surface area contributed by atoms with E-state index >= 15 is 0 Å². The highest BCUT2D eigenvalue weighted by atomic mass is 79.9. The summed E-state index contributed by atoms with van der Waals surface area (Å²) in [6.07, 6.45) is 3.56. The Morgan fingerprint density at radius 2 is 2.06 bits per heavy atom. The van der Waals surface area contributed by atoms with Gasteiger partial charge >= 0.3 is 0 Å². The van der Waals surface area contributed by atoms with Crippen LogP contribution >= 0.6 is 31.9 Å². The Labute approximate surface area is 123 Å². The van der Waals surface area contributed by atoms with Crippen molar-refractivity contribution in [3.05, 3.63) is 50.7 Å². The van der Waals surface area contributed by atoms with Crippen LogP contribution in [0.3, 0.4) is 0 Å². The van der Waals surface area contributed by atoms with E-state index in [1.165, 1.54) is 0 Å². The van der Waals surface area contributed by atoms with Crippen LogP contribution in [0.5, 0.6) is 0 Å². The van der Waals surface area contributed by atoms with Gasteiger partial charge in [-0.05, 0) is 50.9 Å². The average Bonchev–Trinajstić information content (AvgIpc) is 2.32. The molecular formula is C12H12Br2N4. The number of hydrogen-bond donors (Lipinski definition) is 1. The summed E-state index contributed by atoms with van der Waals surface area (Å²) >= 11 is 6.87. The van der Waals surface area contributed by atoms with Crippen LogP contribution in [0.25, 0.3) is 0 Å². The maximum absolute atomic E-state index is 4.34. The summed E-state index contributed by atoms with van der Waals surface area (Å²) < 4.78 is 1.95. The molecule has 18 heavy (non-hydrogen) atoms. The smallest absolute Gasteiger partial charge is 0.125 e. The number of rotatable bonds is 4. The summed E-state index contributed by atoms with van der Waals surface area (Å²) in [4.78, 5) is 12.7. The first-order chi connectivity index (χ1) is 8.65. The van der Waals surface area contributed by atoms with Crippen molar-refractivity contribution in [3.63, 3.8) is 0 Å². The monoisotopic (exact) mass is 370 g/mol. The highest BCUT2D eigenvalue weighted by Gasteiger charge is 2.02. The molecule has 0 aliphatic heterocycles. The third kappa shape index (κ3) is 3.83. The normalized spacial score (nSPS) is 10.6. The number of halogens is 2. The van der Waals surface area contributed by atoms with Gasteiger partial charge in [-0.2, -0.15) is 0 Å². The summed E-state index contributed by atoms with van der Waals surface area (Å²) in [5, 5.41) is 3.31. The van der Waals surface area contributed by atoms with Crippen LogP contribution in [0.2, 0.25) is 0 Å². The number of nitrogens with zero attached hydrogens (tertiary/aromatic N) is 3. The van der Waals surface area contributed by atoms with Gasteiger partial charge in [-0.3, -0.25) is 4.98 Å². The number of aromatic nitrogens is 3. The molecule has 0 unspecified atom stereocenters. The maximum Gasteiger partial charge on any atom is 0.125 e. The van der Waals surface area contributed by atoms with Crippen molar-refractivity contribution in [1.82, 2.24) is 20.3 Å². The molecule has 0 saturated carbocycles. The fourth-order valence-electron chi connectivity index (χ4n) is 1.49. The highest BCUT2D eigenvalue weighted by molar-refractivity contribution is 9.11. The van der Waals surface area contributed by atoms with Crippen molar-refractivity contribution in [2.75, 3.05) is 0 Å². The molecule has 0 aliphatic rings. The molecule has 4 nitrogen and oxygen atoms in total. The van der Waals surface area contributed by atoms with E-state index in [1.54, 1.807) is 12.4 Å². The Morgan fingerprint density at radius 3 is 2.78 bits per heavy atom. The van der Waals surface area contributed by atoms with Crippen LogP contribution in [0.4, 0.5) is 0 Å². The van der Waals surface area contributed by atoms with Gasteiger partial charge in [0.25, 0.3) is 0 Å². The van der Waals surface area contributed by atoms with Crippen LogP contribution in [-0.2, 0) is 13.1 Å². The lowest BCUT2D eigenvalue weighted by atomic mass is 10.3. The molecule has 94 valence electrons. The maximum atomic E-state index is 4.34. The molecule has 0 spiro atoms. The van der Waals surface area contributed by atoms with Gasteiger partial charge < -0.3 is 5.32 Å². The first-order valence-corrected chi connectivity index (χ1v) is 7.03. The molecule has 0 aromatic carbocycles. The third-order valence-corrected chi connectivity index (χ3v) is 3.44. The number of hydrogen-bond acceptors (Lipinski definition) is 4. The minimum atomic E-state index is 0.691. The molecule has 2 rings (SSSR count). The molecule has 6 heteroatoms. The van der Waals surface area contributed by atoms with E-state index in [1.807, 2.05) is 19.1 Å². The Kier molecular flexibility index (Phi) is 4.79. The van der Waals surface area contributed by atoms with Crippen LogP contribution < -0.4 is 5.32 Å². The molecule has 0 radical (unpaired) electrons. The zero-order valence-corrected chi connectivity index (χ0v) is 13.0. The van der Waals surface area contributed by atoms with Crippen molar-refractivity contribution in [2.45, 2.75) is 20.0 Å². The molecule has 0 amide bonds. The summed E-state index contributed by atoms with van der Waals surface area (Å²) in [6.45, 7) is 3.28. The van der Waals surface area contributed by atoms with Crippen molar-refractivity contribution in [3.8, 4) is 0 Å². The van der Waals surface area contributed by atoms with Crippen LogP contribution in [0.15, 0.2) is 33.5 Å². The molecule has 0 atom stereocenters. The minimum Gasteiger partial charge on any atom is -0.305 e. The Morgan fingerprint density at radius 1 is 1.22 bits per heavy atom. The van der Waals surface area contributed by atoms with E-state index < -0.39 is 0 Å². The topological polar surface area (TPSA) is 50.7 Å². The number of nitrogens with one attached hydrogen (secondary N) is 1. The molecule has 2 aromatic heterocycles. The van der Waals surface area contributed by atoms with Gasteiger partial charge in [0.2, 0.25) is 0 Å². The van der Waals surface area contributed by atoms with E-state index in [4.69, 9.17) is 0 Å². The van der Waals surface area contributed by atoms with E-state index in [0.29, 0.717) is 13.1 Å². The van der Waals surface area contributed by atoms with E-state index in [2.05, 4.69) is 52.1 Å². The second-order valence-electron chi connectivity index (χ2n) is 3.78. The lowest BCUT2D eigenvalue weighted by Gasteiger charge is -2.06. The zero-order chi connectivity index (χ0) is 13.0. The zero-order valence-electron chi connectivity index (χ0n) is 9.82. The largest absolute Gasteiger partial charge is 0.305 e. The molecule has 0 bridgehead atoms. The fourth-order valence-corrected chi connectivity index (χ4v) is 2.61. The fraction of sp³-hybridized carbons (Fsp3) is 0.250. The SMILES string of the molecule is Cc1nccc(CNCc2ncc(Br)cc2Br)n1. The van der Waals surface area contributed by atoms with Crippen molar-refractivity contribution >= 4 is 31.9 Å². The van der Waals surface area contributed by atoms with Gasteiger partial charge in [0.05, 0.1) is 11.4 Å². The second kappa shape index (κ2) is 6.36. The third-order valence-electron chi connectivity index (χ3n) is 2.32. The molecule has 2 aromatic rings. The highest BCUT2D eigenvalue weighted by Crippen LogP contribution is 2.19. The molecule has 1 N–H and O–H groups in total. The van der Waals surface area contributed by atoms with Gasteiger partial charge in [0.15, 0.2) is 0 Å². The molecule has 0 aliphatic carbocycles. The Bertz CT molecular complexity index is 545. The van der Waals surface area contributed by atoms with Crippen LogP contribution in [0.1, 0.15) is 17.2 Å². The summed E-state index contributed by atoms with van der Waals surface area (Å²) in [5.41, 5.74) is 1.96. The molecule has 0 saturated heterocycles. The number of pyridine rings is 1. The van der Waals surface area contributed by atoms with Crippen molar-refractivity contribution in [1.29, 1.82) is 0 Å². The van der Waals surface area contributed by atoms with E-state index in [9.17, 15) is 0 Å². The van der Waals surface area contributed by atoms with Gasteiger partial charge in [0, 0.05) is 34.4 Å². The van der Waals surface area contributed by atoms with Crippen molar-refractivity contribution < 1.29 is 0 Å². The molecular weight excluding hydrogens is 360 g/mol. The Balaban J connectivity index is 1.92. The van der Waals surface area contributed by atoms with Crippen LogP contribution in [0, 0.1) is 6.92 Å². The number of aryl methyl sites for hydroxylation is 1. The average molecular weight is 372 g/mol. The first kappa shape index (κ1) is 13.6. The predicted molar refractivity (Wildman–Crippen MR) is 76.9 cm³/mol. The van der Waals surface area contributed by atoms with Crippen molar-refractivity contribution in [2.24, 2.45) is 0 Å². The van der Waals surface area contributed by atoms with E-state index in [0.717, 1.165) is 26.2 Å². The quantitative estimate of drug-likeness (QED) is 0.897. The summed E-state index contributed by atoms with van der Waals surface area (Å²) in [5.74, 6) is 0.789. The first-order valence-electron chi connectivity index (χ1n) is 5.44. The lowest BCUT2D eigenvalue weighted by Crippen LogP contribution is -2.15. The van der Waals surface area contributed by atoms with Gasteiger partial charge in [0.1, 0.15) is 5.82 Å². The summed E-state index contributed by atoms with van der Waals surface area (Å²) in [7, 11) is 0. The minimum absolute atomic E-state index is 0.691. The Hall–Kier alpha value is -0.850. The molecule has 0 fully saturated rings. The van der Waals surface area contributed by atoms with Gasteiger partial charge in [-0.1, -0.05) is 0 Å². The second-order valence-corrected chi connectivity index (χ2v) is 5.55. The predicted octanol–water partition coefficient (Wildman–Crippen LogP) is 2.99. The molecule has 2 heterocycles. The summed E-state index contributed by atoms with van der Waals surface area (Å²) in [6, 6.07) is 3.89. The van der Waals surface area contributed by atoms with Gasteiger partial charge in [-0.15, -0.1) is 0 Å². The van der Waals surface area contributed by atoms with Crippen LogP contribution in [-0.4, -0.2) is 15.0 Å². The van der Waals surface area contributed by atoms with E-state index in [-0.39, 0.29) is 0 Å². The van der Waals surface area contributed by atoms with Gasteiger partial charge in [-0.25, -0.2) is 9.97 Å².